The highest BCUT2D eigenvalue weighted by Crippen LogP contribution is 2.22. The first-order valence-electron chi connectivity index (χ1n) is 6.12. The zero-order valence-corrected chi connectivity index (χ0v) is 11.8. The number of hydrogen-bond donors (Lipinski definition) is 2. The molecule has 6 heteroatoms. The number of nitrogens with zero attached hydrogens (tertiary/aromatic N) is 1. The number of benzene rings is 1. The van der Waals surface area contributed by atoms with Crippen molar-refractivity contribution in [1.29, 1.82) is 0 Å². The summed E-state index contributed by atoms with van der Waals surface area (Å²) in [5.74, 6) is -0.534. The standard InChI is InChI=1S/C14H15FN2O2S/c1-2-10-4-5-11(20-10)8-19-13-6-3-9(7-12(13)15)14(16)17-18/h3-7,18H,2,8H2,1H3,(H2,16,17). The molecule has 4 nitrogen and oxygen atoms in total. The number of oxime groups is 1. The Hall–Kier alpha value is -2.08. The highest BCUT2D eigenvalue weighted by atomic mass is 32.1. The van der Waals surface area contributed by atoms with Gasteiger partial charge in [-0.25, -0.2) is 4.39 Å². The third-order valence-corrected chi connectivity index (χ3v) is 3.97. The monoisotopic (exact) mass is 294 g/mol. The van der Waals surface area contributed by atoms with Gasteiger partial charge in [-0.15, -0.1) is 11.3 Å². The number of aryl methyl sites for hydroxylation is 1. The van der Waals surface area contributed by atoms with Gasteiger partial charge in [0.15, 0.2) is 17.4 Å². The van der Waals surface area contributed by atoms with Crippen molar-refractivity contribution in [3.63, 3.8) is 0 Å². The zero-order chi connectivity index (χ0) is 14.5. The van der Waals surface area contributed by atoms with Crippen LogP contribution in [0.4, 0.5) is 4.39 Å². The summed E-state index contributed by atoms with van der Waals surface area (Å²) in [5.41, 5.74) is 5.70. The van der Waals surface area contributed by atoms with Gasteiger partial charge < -0.3 is 15.7 Å². The minimum Gasteiger partial charge on any atom is -0.485 e. The minimum absolute atomic E-state index is 0.138. The van der Waals surface area contributed by atoms with Crippen LogP contribution in [0.15, 0.2) is 35.5 Å². The first kappa shape index (κ1) is 14.3. The molecule has 0 bridgehead atoms. The summed E-state index contributed by atoms with van der Waals surface area (Å²) < 4.78 is 19.2. The van der Waals surface area contributed by atoms with Gasteiger partial charge in [0.1, 0.15) is 6.61 Å². The second-order valence-electron chi connectivity index (χ2n) is 4.14. The van der Waals surface area contributed by atoms with Crippen LogP contribution in [0.3, 0.4) is 0 Å². The predicted molar refractivity (Wildman–Crippen MR) is 76.9 cm³/mol. The van der Waals surface area contributed by atoms with Crippen LogP contribution in [0.5, 0.6) is 5.75 Å². The van der Waals surface area contributed by atoms with E-state index in [0.717, 1.165) is 11.3 Å². The molecule has 0 aliphatic heterocycles. The van der Waals surface area contributed by atoms with E-state index in [1.54, 1.807) is 17.4 Å². The lowest BCUT2D eigenvalue weighted by molar-refractivity contribution is 0.293. The molecular weight excluding hydrogens is 279 g/mol. The van der Waals surface area contributed by atoms with Gasteiger partial charge in [0.05, 0.1) is 0 Å². The second kappa shape index (κ2) is 6.38. The minimum atomic E-state index is -0.540. The van der Waals surface area contributed by atoms with Gasteiger partial charge in [0, 0.05) is 15.3 Å². The van der Waals surface area contributed by atoms with Crippen molar-refractivity contribution in [3.05, 3.63) is 51.5 Å². The molecule has 2 aromatic rings. The van der Waals surface area contributed by atoms with Crippen LogP contribution in [0, 0.1) is 5.82 Å². The third-order valence-electron chi connectivity index (χ3n) is 2.77. The van der Waals surface area contributed by atoms with Crippen molar-refractivity contribution >= 4 is 17.2 Å². The maximum Gasteiger partial charge on any atom is 0.170 e. The molecular formula is C14H15FN2O2S. The molecule has 2 rings (SSSR count). The Balaban J connectivity index is 2.06. The molecule has 0 saturated heterocycles. The average Bonchev–Trinajstić information content (AvgIpc) is 2.93. The summed E-state index contributed by atoms with van der Waals surface area (Å²) in [5, 5.41) is 11.4. The fourth-order valence-corrected chi connectivity index (χ4v) is 2.54. The largest absolute Gasteiger partial charge is 0.485 e. The Bertz CT molecular complexity index is 625. The molecule has 0 atom stereocenters. The Morgan fingerprint density at radius 2 is 2.10 bits per heavy atom. The summed E-state index contributed by atoms with van der Waals surface area (Å²) in [7, 11) is 0. The van der Waals surface area contributed by atoms with E-state index in [2.05, 4.69) is 12.1 Å². The highest BCUT2D eigenvalue weighted by Gasteiger charge is 2.08. The molecule has 0 amide bonds. The van der Waals surface area contributed by atoms with Crippen LogP contribution in [-0.2, 0) is 13.0 Å². The van der Waals surface area contributed by atoms with Gasteiger partial charge in [-0.2, -0.15) is 0 Å². The first-order chi connectivity index (χ1) is 9.63. The van der Waals surface area contributed by atoms with Gasteiger partial charge >= 0.3 is 0 Å². The molecule has 1 aromatic heterocycles. The maximum atomic E-state index is 13.8. The first-order valence-corrected chi connectivity index (χ1v) is 6.93. The van der Waals surface area contributed by atoms with Crippen LogP contribution in [0.2, 0.25) is 0 Å². The molecule has 0 radical (unpaired) electrons. The normalized spacial score (nSPS) is 11.6. The van der Waals surface area contributed by atoms with Gasteiger partial charge in [0.25, 0.3) is 0 Å². The third kappa shape index (κ3) is 3.27. The summed E-state index contributed by atoms with van der Waals surface area (Å²) in [6.07, 6.45) is 0.980. The van der Waals surface area contributed by atoms with Crippen LogP contribution in [0.1, 0.15) is 22.2 Å². The SMILES string of the molecule is CCc1ccc(COc2ccc(/C(N)=N/O)cc2F)s1. The Labute approximate surface area is 120 Å². The van der Waals surface area contributed by atoms with Gasteiger partial charge in [0.2, 0.25) is 0 Å². The van der Waals surface area contributed by atoms with Crippen molar-refractivity contribution in [1.82, 2.24) is 0 Å². The number of amidine groups is 1. The van der Waals surface area contributed by atoms with Crippen LogP contribution in [0.25, 0.3) is 0 Å². The molecule has 0 aliphatic rings. The second-order valence-corrected chi connectivity index (χ2v) is 5.39. The number of nitrogens with two attached hydrogens (primary N) is 1. The summed E-state index contributed by atoms with van der Waals surface area (Å²) in [4.78, 5) is 2.31. The van der Waals surface area contributed by atoms with E-state index in [1.807, 2.05) is 12.1 Å². The maximum absolute atomic E-state index is 13.8. The Kier molecular flexibility index (Phi) is 4.57. The molecule has 0 fully saturated rings. The topological polar surface area (TPSA) is 67.8 Å². The molecule has 0 aliphatic carbocycles. The van der Waals surface area contributed by atoms with Gasteiger partial charge in [-0.3, -0.25) is 0 Å². The molecule has 0 saturated carbocycles. The van der Waals surface area contributed by atoms with Crippen molar-refractivity contribution in [2.45, 2.75) is 20.0 Å². The lowest BCUT2D eigenvalue weighted by Gasteiger charge is -2.07. The van der Waals surface area contributed by atoms with Crippen molar-refractivity contribution < 1.29 is 14.3 Å². The highest BCUT2D eigenvalue weighted by molar-refractivity contribution is 7.11. The quantitative estimate of drug-likeness (QED) is 0.385. The van der Waals surface area contributed by atoms with Gasteiger partial charge in [-0.05, 0) is 36.8 Å². The van der Waals surface area contributed by atoms with E-state index in [1.165, 1.54) is 17.0 Å². The van der Waals surface area contributed by atoms with E-state index in [-0.39, 0.29) is 11.6 Å². The van der Waals surface area contributed by atoms with Crippen molar-refractivity contribution in [3.8, 4) is 5.75 Å². The van der Waals surface area contributed by atoms with Crippen LogP contribution < -0.4 is 10.5 Å². The number of rotatable bonds is 5. The lowest BCUT2D eigenvalue weighted by Crippen LogP contribution is -2.13. The van der Waals surface area contributed by atoms with E-state index < -0.39 is 5.82 Å². The van der Waals surface area contributed by atoms with Crippen LogP contribution >= 0.6 is 11.3 Å². The van der Waals surface area contributed by atoms with Crippen molar-refractivity contribution in [2.24, 2.45) is 10.9 Å². The number of hydrogen-bond acceptors (Lipinski definition) is 4. The predicted octanol–water partition coefficient (Wildman–Crippen LogP) is 3.12. The lowest BCUT2D eigenvalue weighted by atomic mass is 10.2. The molecule has 20 heavy (non-hydrogen) atoms. The molecule has 1 heterocycles. The molecule has 0 spiro atoms. The van der Waals surface area contributed by atoms with E-state index in [0.29, 0.717) is 12.2 Å². The van der Waals surface area contributed by atoms with Crippen molar-refractivity contribution in [2.75, 3.05) is 0 Å². The molecule has 0 unspecified atom stereocenters. The fourth-order valence-electron chi connectivity index (χ4n) is 1.67. The molecule has 106 valence electrons. The smallest absolute Gasteiger partial charge is 0.170 e. The summed E-state index contributed by atoms with van der Waals surface area (Å²) in [6.45, 7) is 2.41. The number of halogens is 1. The van der Waals surface area contributed by atoms with Crippen LogP contribution in [-0.4, -0.2) is 11.0 Å². The molecule has 3 N–H and O–H groups in total. The average molecular weight is 294 g/mol. The fraction of sp³-hybridized carbons (Fsp3) is 0.214. The molecule has 1 aromatic carbocycles. The van der Waals surface area contributed by atoms with Gasteiger partial charge in [-0.1, -0.05) is 12.1 Å². The Morgan fingerprint density at radius 1 is 1.35 bits per heavy atom. The summed E-state index contributed by atoms with van der Waals surface area (Å²) >= 11 is 1.65. The number of ether oxygens (including phenoxy) is 1. The summed E-state index contributed by atoms with van der Waals surface area (Å²) in [6, 6.07) is 8.21. The Morgan fingerprint density at radius 3 is 2.70 bits per heavy atom. The number of thiophene rings is 1. The zero-order valence-electron chi connectivity index (χ0n) is 11.0. The van der Waals surface area contributed by atoms with E-state index >= 15 is 0 Å². The van der Waals surface area contributed by atoms with E-state index in [4.69, 9.17) is 15.7 Å². The van der Waals surface area contributed by atoms with E-state index in [9.17, 15) is 4.39 Å².